The molecule has 0 fully saturated rings. The first-order valence-corrected chi connectivity index (χ1v) is 8.05. The van der Waals surface area contributed by atoms with Gasteiger partial charge < -0.3 is 10.1 Å². The van der Waals surface area contributed by atoms with Crippen LogP contribution in [0.25, 0.3) is 0 Å². The lowest BCUT2D eigenvalue weighted by Gasteiger charge is -2.20. The van der Waals surface area contributed by atoms with Gasteiger partial charge in [-0.25, -0.2) is 14.2 Å². The van der Waals surface area contributed by atoms with E-state index in [1.54, 1.807) is 32.1 Å². The van der Waals surface area contributed by atoms with E-state index in [9.17, 15) is 9.18 Å². The fourth-order valence-corrected chi connectivity index (χ4v) is 2.45. The topological polar surface area (TPSA) is 63.2 Å². The number of nitrogens with one attached hydrogen (secondary N) is 2. The van der Waals surface area contributed by atoms with E-state index < -0.39 is 17.5 Å². The maximum Gasteiger partial charge on any atom is 0.412 e. The van der Waals surface area contributed by atoms with Crippen molar-refractivity contribution in [1.82, 2.24) is 4.98 Å². The van der Waals surface area contributed by atoms with Crippen molar-refractivity contribution in [2.45, 2.75) is 39.8 Å². The largest absolute Gasteiger partial charge is 0.444 e. The molecular formula is C16H20FN3O2S. The summed E-state index contributed by atoms with van der Waals surface area (Å²) in [6.45, 7) is 7.66. The molecule has 0 saturated carbocycles. The van der Waals surface area contributed by atoms with Gasteiger partial charge in [0.25, 0.3) is 0 Å². The summed E-state index contributed by atoms with van der Waals surface area (Å²) in [6.07, 6.45) is -0.579. The zero-order valence-corrected chi connectivity index (χ0v) is 14.4. The molecule has 0 spiro atoms. The average molecular weight is 337 g/mol. The second-order valence-electron chi connectivity index (χ2n) is 6.03. The van der Waals surface area contributed by atoms with Crippen molar-refractivity contribution in [2.24, 2.45) is 0 Å². The number of rotatable bonds is 4. The molecule has 1 amide bonds. The minimum Gasteiger partial charge on any atom is -0.444 e. The minimum atomic E-state index is -0.590. The predicted octanol–water partition coefficient (Wildman–Crippen LogP) is 4.55. The molecule has 0 atom stereocenters. The van der Waals surface area contributed by atoms with Crippen LogP contribution in [0, 0.1) is 12.7 Å². The van der Waals surface area contributed by atoms with Gasteiger partial charge in [0, 0.05) is 11.1 Å². The quantitative estimate of drug-likeness (QED) is 0.859. The second kappa shape index (κ2) is 6.95. The maximum absolute atomic E-state index is 13.9. The standard InChI is InChI=1S/C16H20FN3O2S/c1-10-19-12(9-23-10)8-18-14-7-11(5-6-13(14)17)20-15(21)22-16(2,3)4/h5-7,9,18H,8H2,1-4H3,(H,20,21). The lowest BCUT2D eigenvalue weighted by atomic mass is 10.2. The fraction of sp³-hybridized carbons (Fsp3) is 0.375. The Hall–Kier alpha value is -2.15. The van der Waals surface area contributed by atoms with Crippen molar-refractivity contribution >= 4 is 28.8 Å². The van der Waals surface area contributed by atoms with E-state index in [2.05, 4.69) is 15.6 Å². The molecule has 0 saturated heterocycles. The van der Waals surface area contributed by atoms with Crippen LogP contribution < -0.4 is 10.6 Å². The third-order valence-electron chi connectivity index (χ3n) is 2.74. The normalized spacial score (nSPS) is 11.2. The molecule has 0 aliphatic heterocycles. The number of aromatic nitrogens is 1. The van der Waals surface area contributed by atoms with Crippen molar-refractivity contribution in [3.05, 3.63) is 40.1 Å². The Bertz CT molecular complexity index is 695. The van der Waals surface area contributed by atoms with Crippen LogP contribution in [0.1, 0.15) is 31.5 Å². The van der Waals surface area contributed by atoms with Crippen molar-refractivity contribution in [3.63, 3.8) is 0 Å². The first kappa shape index (κ1) is 17.2. The molecule has 2 aromatic rings. The van der Waals surface area contributed by atoms with Crippen LogP contribution in [-0.4, -0.2) is 16.7 Å². The van der Waals surface area contributed by atoms with Crippen LogP contribution in [0.3, 0.4) is 0 Å². The number of amides is 1. The lowest BCUT2D eigenvalue weighted by molar-refractivity contribution is 0.0636. The molecule has 1 aromatic heterocycles. The summed E-state index contributed by atoms with van der Waals surface area (Å²) in [5.41, 5.74) is 1.01. The van der Waals surface area contributed by atoms with Gasteiger partial charge in [0.15, 0.2) is 0 Å². The molecule has 0 aliphatic carbocycles. The Morgan fingerprint density at radius 2 is 2.13 bits per heavy atom. The third kappa shape index (κ3) is 5.52. The van der Waals surface area contributed by atoms with E-state index in [0.717, 1.165) is 10.7 Å². The third-order valence-corrected chi connectivity index (χ3v) is 3.56. The Morgan fingerprint density at radius 3 is 2.74 bits per heavy atom. The summed E-state index contributed by atoms with van der Waals surface area (Å²) >= 11 is 1.54. The van der Waals surface area contributed by atoms with Gasteiger partial charge in [-0.15, -0.1) is 11.3 Å². The highest BCUT2D eigenvalue weighted by Gasteiger charge is 2.16. The van der Waals surface area contributed by atoms with E-state index in [4.69, 9.17) is 4.74 Å². The molecule has 0 radical (unpaired) electrons. The van der Waals surface area contributed by atoms with Crippen LogP contribution in [-0.2, 0) is 11.3 Å². The van der Waals surface area contributed by atoms with Crippen molar-refractivity contribution < 1.29 is 13.9 Å². The van der Waals surface area contributed by atoms with E-state index in [-0.39, 0.29) is 0 Å². The number of benzene rings is 1. The van der Waals surface area contributed by atoms with Gasteiger partial charge in [-0.3, -0.25) is 5.32 Å². The zero-order chi connectivity index (χ0) is 17.0. The first-order chi connectivity index (χ1) is 10.7. The number of thiazole rings is 1. The summed E-state index contributed by atoms with van der Waals surface area (Å²) in [7, 11) is 0. The SMILES string of the molecule is Cc1nc(CNc2cc(NC(=O)OC(C)(C)C)ccc2F)cs1. The Labute approximate surface area is 138 Å². The highest BCUT2D eigenvalue weighted by Crippen LogP contribution is 2.21. The smallest absolute Gasteiger partial charge is 0.412 e. The second-order valence-corrected chi connectivity index (χ2v) is 7.10. The molecule has 7 heteroatoms. The summed E-state index contributed by atoms with van der Waals surface area (Å²) in [6, 6.07) is 4.30. The molecule has 2 rings (SSSR count). The fourth-order valence-electron chi connectivity index (χ4n) is 1.84. The van der Waals surface area contributed by atoms with Gasteiger partial charge in [0.1, 0.15) is 11.4 Å². The molecule has 5 nitrogen and oxygen atoms in total. The van der Waals surface area contributed by atoms with E-state index in [1.807, 2.05) is 12.3 Å². The van der Waals surface area contributed by atoms with Gasteiger partial charge >= 0.3 is 6.09 Å². The van der Waals surface area contributed by atoms with Crippen LogP contribution in [0.15, 0.2) is 23.6 Å². The van der Waals surface area contributed by atoms with Gasteiger partial charge in [-0.05, 0) is 45.9 Å². The van der Waals surface area contributed by atoms with Gasteiger partial charge in [0.05, 0.1) is 22.9 Å². The molecule has 2 N–H and O–H groups in total. The highest BCUT2D eigenvalue weighted by atomic mass is 32.1. The number of nitrogens with zero attached hydrogens (tertiary/aromatic N) is 1. The van der Waals surface area contributed by atoms with Crippen LogP contribution >= 0.6 is 11.3 Å². The monoisotopic (exact) mass is 337 g/mol. The van der Waals surface area contributed by atoms with Crippen molar-refractivity contribution in [2.75, 3.05) is 10.6 Å². The van der Waals surface area contributed by atoms with Gasteiger partial charge in [-0.2, -0.15) is 0 Å². The van der Waals surface area contributed by atoms with E-state index in [1.165, 1.54) is 18.2 Å². The molecule has 0 aliphatic rings. The summed E-state index contributed by atoms with van der Waals surface area (Å²) in [4.78, 5) is 16.1. The number of anilines is 2. The average Bonchev–Trinajstić information content (AvgIpc) is 2.83. The first-order valence-electron chi connectivity index (χ1n) is 7.17. The number of ether oxygens (including phenoxy) is 1. The number of carbonyl (C=O) groups is 1. The number of hydrogen-bond donors (Lipinski definition) is 2. The van der Waals surface area contributed by atoms with Crippen LogP contribution in [0.5, 0.6) is 0 Å². The number of hydrogen-bond acceptors (Lipinski definition) is 5. The molecule has 23 heavy (non-hydrogen) atoms. The van der Waals surface area contributed by atoms with E-state index in [0.29, 0.717) is 17.9 Å². The number of halogens is 1. The number of carbonyl (C=O) groups excluding carboxylic acids is 1. The van der Waals surface area contributed by atoms with Crippen molar-refractivity contribution in [3.8, 4) is 0 Å². The van der Waals surface area contributed by atoms with Gasteiger partial charge in [-0.1, -0.05) is 0 Å². The van der Waals surface area contributed by atoms with Crippen LogP contribution in [0.4, 0.5) is 20.6 Å². The van der Waals surface area contributed by atoms with Gasteiger partial charge in [0.2, 0.25) is 0 Å². The summed E-state index contributed by atoms with van der Waals surface area (Å²) in [5, 5.41) is 8.45. The van der Waals surface area contributed by atoms with Crippen LogP contribution in [0.2, 0.25) is 0 Å². The van der Waals surface area contributed by atoms with E-state index >= 15 is 0 Å². The molecule has 1 heterocycles. The minimum absolute atomic E-state index is 0.296. The highest BCUT2D eigenvalue weighted by molar-refractivity contribution is 7.09. The molecule has 0 unspecified atom stereocenters. The number of aryl methyl sites for hydroxylation is 1. The summed E-state index contributed by atoms with van der Waals surface area (Å²) < 4.78 is 19.0. The molecular weight excluding hydrogens is 317 g/mol. The van der Waals surface area contributed by atoms with Crippen molar-refractivity contribution in [1.29, 1.82) is 0 Å². The maximum atomic E-state index is 13.9. The summed E-state index contributed by atoms with van der Waals surface area (Å²) in [5.74, 6) is -0.397. The predicted molar refractivity (Wildman–Crippen MR) is 90.4 cm³/mol. The Balaban J connectivity index is 2.02. The molecule has 124 valence electrons. The molecule has 1 aromatic carbocycles. The lowest BCUT2D eigenvalue weighted by Crippen LogP contribution is -2.27. The molecule has 0 bridgehead atoms. The zero-order valence-electron chi connectivity index (χ0n) is 13.6. The Morgan fingerprint density at radius 1 is 1.39 bits per heavy atom. The Kier molecular flexibility index (Phi) is 5.20.